The van der Waals surface area contributed by atoms with Gasteiger partial charge in [0.05, 0.1) is 11.8 Å². The number of nitrogens with zero attached hydrogens (tertiary/aromatic N) is 4. The maximum Gasteiger partial charge on any atom is 0.272 e. The second-order valence-corrected chi connectivity index (χ2v) is 3.03. The molecular weight excluding hydrogens is 194 g/mol. The first-order valence-corrected chi connectivity index (χ1v) is 4.22. The van der Waals surface area contributed by atoms with Crippen molar-refractivity contribution in [3.8, 4) is 11.9 Å². The number of aryl methyl sites for hydroxylation is 1. The van der Waals surface area contributed by atoms with Crippen molar-refractivity contribution in [3.63, 3.8) is 0 Å². The highest BCUT2D eigenvalue weighted by atomic mass is 16.1. The van der Waals surface area contributed by atoms with Crippen LogP contribution in [0.25, 0.3) is 5.82 Å². The van der Waals surface area contributed by atoms with Crippen molar-refractivity contribution in [2.45, 2.75) is 6.92 Å². The fraction of sp³-hybridized carbons (Fsp3) is 0.111. The van der Waals surface area contributed by atoms with E-state index in [0.29, 0.717) is 11.4 Å². The van der Waals surface area contributed by atoms with E-state index < -0.39 is 0 Å². The molecule has 6 nitrogen and oxygen atoms in total. The van der Waals surface area contributed by atoms with Crippen molar-refractivity contribution in [3.05, 3.63) is 39.9 Å². The lowest BCUT2D eigenvalue weighted by molar-refractivity contribution is 0.781. The van der Waals surface area contributed by atoms with Gasteiger partial charge < -0.3 is 0 Å². The van der Waals surface area contributed by atoms with Gasteiger partial charge in [-0.2, -0.15) is 15.0 Å². The lowest BCUT2D eigenvalue weighted by Gasteiger charge is -1.98. The Morgan fingerprint density at radius 2 is 2.33 bits per heavy atom. The summed E-state index contributed by atoms with van der Waals surface area (Å²) in [5.41, 5.74) is 0.861. The van der Waals surface area contributed by atoms with Crippen LogP contribution in [0.15, 0.2) is 23.1 Å². The molecule has 0 aromatic carbocycles. The standard InChI is InChI=1S/C9H7N5O/c1-6-2-9(15)14(13-6)8-3-7(4-10)5-11-12-8/h2-3,5,13H,1H3. The van der Waals surface area contributed by atoms with Crippen LogP contribution in [0.4, 0.5) is 0 Å². The zero-order chi connectivity index (χ0) is 10.8. The van der Waals surface area contributed by atoms with Gasteiger partial charge in [0.1, 0.15) is 6.07 Å². The molecule has 6 heteroatoms. The molecule has 2 aromatic rings. The summed E-state index contributed by atoms with van der Waals surface area (Å²) in [6.45, 7) is 1.76. The van der Waals surface area contributed by atoms with Gasteiger partial charge in [0, 0.05) is 17.8 Å². The van der Waals surface area contributed by atoms with Crippen LogP contribution in [0.2, 0.25) is 0 Å². The Balaban J connectivity index is 2.60. The Hall–Kier alpha value is -2.42. The first-order valence-electron chi connectivity index (χ1n) is 4.22. The van der Waals surface area contributed by atoms with Crippen molar-refractivity contribution in [2.75, 3.05) is 0 Å². The summed E-state index contributed by atoms with van der Waals surface area (Å²) in [6.07, 6.45) is 1.34. The van der Waals surface area contributed by atoms with Gasteiger partial charge >= 0.3 is 0 Å². The van der Waals surface area contributed by atoms with Crippen molar-refractivity contribution in [1.82, 2.24) is 20.0 Å². The molecule has 2 heterocycles. The second-order valence-electron chi connectivity index (χ2n) is 3.03. The van der Waals surface area contributed by atoms with E-state index in [0.717, 1.165) is 5.69 Å². The molecule has 74 valence electrons. The number of aromatic amines is 1. The quantitative estimate of drug-likeness (QED) is 0.710. The largest absolute Gasteiger partial charge is 0.294 e. The minimum atomic E-state index is -0.225. The molecule has 0 spiro atoms. The molecule has 0 fully saturated rings. The number of H-pyrrole nitrogens is 1. The summed E-state index contributed by atoms with van der Waals surface area (Å²) in [4.78, 5) is 11.4. The SMILES string of the molecule is Cc1cc(=O)n(-c2cc(C#N)cnn2)[nH]1. The Bertz CT molecular complexity index is 589. The summed E-state index contributed by atoms with van der Waals surface area (Å²) in [5.74, 6) is 0.312. The summed E-state index contributed by atoms with van der Waals surface area (Å²) in [5, 5.41) is 18.9. The van der Waals surface area contributed by atoms with Crippen molar-refractivity contribution >= 4 is 0 Å². The molecule has 0 saturated heterocycles. The molecular formula is C9H7N5O. The van der Waals surface area contributed by atoms with Gasteiger partial charge in [-0.1, -0.05) is 0 Å². The Kier molecular flexibility index (Phi) is 2.06. The Labute approximate surface area is 84.8 Å². The van der Waals surface area contributed by atoms with Crippen molar-refractivity contribution in [1.29, 1.82) is 5.26 Å². The number of nitrogens with one attached hydrogen (secondary N) is 1. The average Bonchev–Trinajstić information content (AvgIpc) is 2.58. The molecule has 0 aliphatic heterocycles. The summed E-state index contributed by atoms with van der Waals surface area (Å²) in [6, 6.07) is 4.87. The molecule has 0 bridgehead atoms. The summed E-state index contributed by atoms with van der Waals surface area (Å²) < 4.78 is 1.24. The maximum atomic E-state index is 11.4. The Morgan fingerprint density at radius 1 is 1.53 bits per heavy atom. The third-order valence-corrected chi connectivity index (χ3v) is 1.85. The third-order valence-electron chi connectivity index (χ3n) is 1.85. The number of hydrogen-bond donors (Lipinski definition) is 1. The van der Waals surface area contributed by atoms with Gasteiger partial charge in [0.25, 0.3) is 5.56 Å². The maximum absolute atomic E-state index is 11.4. The highest BCUT2D eigenvalue weighted by molar-refractivity contribution is 5.32. The van der Waals surface area contributed by atoms with Gasteiger partial charge in [0.2, 0.25) is 0 Å². The van der Waals surface area contributed by atoms with Crippen LogP contribution in [0, 0.1) is 18.3 Å². The molecule has 0 saturated carbocycles. The first kappa shape index (κ1) is 9.15. The van der Waals surface area contributed by atoms with Crippen LogP contribution in [-0.4, -0.2) is 20.0 Å². The van der Waals surface area contributed by atoms with Crippen LogP contribution in [0.1, 0.15) is 11.3 Å². The Morgan fingerprint density at radius 3 is 2.93 bits per heavy atom. The predicted molar refractivity (Wildman–Crippen MR) is 51.4 cm³/mol. The minimum absolute atomic E-state index is 0.225. The van der Waals surface area contributed by atoms with Crippen LogP contribution in [-0.2, 0) is 0 Å². The molecule has 0 aliphatic carbocycles. The molecule has 2 aromatic heterocycles. The van der Waals surface area contributed by atoms with Crippen LogP contribution < -0.4 is 5.56 Å². The predicted octanol–water partition coefficient (Wildman–Crippen LogP) is 0.136. The monoisotopic (exact) mass is 201 g/mol. The molecule has 0 atom stereocenters. The average molecular weight is 201 g/mol. The highest BCUT2D eigenvalue weighted by Crippen LogP contribution is 2.01. The van der Waals surface area contributed by atoms with E-state index in [4.69, 9.17) is 5.26 Å². The minimum Gasteiger partial charge on any atom is -0.294 e. The molecule has 0 radical (unpaired) electrons. The van der Waals surface area contributed by atoms with Gasteiger partial charge in [-0.3, -0.25) is 9.89 Å². The topological polar surface area (TPSA) is 87.4 Å². The molecule has 0 unspecified atom stereocenters. The fourth-order valence-electron chi connectivity index (χ4n) is 1.21. The van der Waals surface area contributed by atoms with Gasteiger partial charge in [-0.15, -0.1) is 5.10 Å². The van der Waals surface area contributed by atoms with Crippen LogP contribution >= 0.6 is 0 Å². The van der Waals surface area contributed by atoms with Gasteiger partial charge in [-0.25, -0.2) is 0 Å². The summed E-state index contributed by atoms with van der Waals surface area (Å²) >= 11 is 0. The molecule has 1 N–H and O–H groups in total. The lowest BCUT2D eigenvalue weighted by atomic mass is 10.3. The van der Waals surface area contributed by atoms with E-state index in [1.54, 1.807) is 6.92 Å². The first-order chi connectivity index (χ1) is 7.20. The van der Waals surface area contributed by atoms with E-state index in [1.165, 1.54) is 23.0 Å². The fourth-order valence-corrected chi connectivity index (χ4v) is 1.21. The van der Waals surface area contributed by atoms with Crippen LogP contribution in [0.5, 0.6) is 0 Å². The van der Waals surface area contributed by atoms with E-state index in [1.807, 2.05) is 6.07 Å². The van der Waals surface area contributed by atoms with Gasteiger partial charge in [0.15, 0.2) is 5.82 Å². The summed E-state index contributed by atoms with van der Waals surface area (Å²) in [7, 11) is 0. The van der Waals surface area contributed by atoms with E-state index in [-0.39, 0.29) is 5.56 Å². The molecule has 0 amide bonds. The van der Waals surface area contributed by atoms with Crippen LogP contribution in [0.3, 0.4) is 0 Å². The van der Waals surface area contributed by atoms with E-state index >= 15 is 0 Å². The number of rotatable bonds is 1. The number of hydrogen-bond acceptors (Lipinski definition) is 4. The van der Waals surface area contributed by atoms with E-state index in [2.05, 4.69) is 15.3 Å². The molecule has 0 aliphatic rings. The van der Waals surface area contributed by atoms with Crippen molar-refractivity contribution < 1.29 is 0 Å². The normalized spacial score (nSPS) is 9.87. The highest BCUT2D eigenvalue weighted by Gasteiger charge is 2.05. The number of aromatic nitrogens is 4. The zero-order valence-corrected chi connectivity index (χ0v) is 7.93. The lowest BCUT2D eigenvalue weighted by Crippen LogP contribution is -2.15. The molecule has 15 heavy (non-hydrogen) atoms. The number of nitriles is 1. The van der Waals surface area contributed by atoms with E-state index in [9.17, 15) is 4.79 Å². The van der Waals surface area contributed by atoms with Gasteiger partial charge in [-0.05, 0) is 6.92 Å². The van der Waals surface area contributed by atoms with Crippen molar-refractivity contribution in [2.24, 2.45) is 0 Å². The zero-order valence-electron chi connectivity index (χ0n) is 7.93. The molecule has 2 rings (SSSR count). The second kappa shape index (κ2) is 3.38. The third kappa shape index (κ3) is 1.62. The smallest absolute Gasteiger partial charge is 0.272 e.